The van der Waals surface area contributed by atoms with Crippen molar-refractivity contribution in [2.75, 3.05) is 0 Å². The number of aryl methyl sites for hydroxylation is 1. The summed E-state index contributed by atoms with van der Waals surface area (Å²) in [6.45, 7) is 1.03. The Kier molecular flexibility index (Phi) is 5.26. The minimum Gasteiger partial charge on any atom is -0.338 e. The smallest absolute Gasteiger partial charge is 0.0960 e. The van der Waals surface area contributed by atoms with Gasteiger partial charge in [0.15, 0.2) is 0 Å². The van der Waals surface area contributed by atoms with E-state index in [4.69, 9.17) is 11.6 Å². The summed E-state index contributed by atoms with van der Waals surface area (Å²) in [6.07, 6.45) is 14.5. The fourth-order valence-electron chi connectivity index (χ4n) is 4.51. The number of nitrogens with zero attached hydrogens (tertiary/aromatic N) is 2. The molecule has 0 saturated heterocycles. The first-order valence-corrected chi connectivity index (χ1v) is 10.2. The predicted molar refractivity (Wildman–Crippen MR) is 107 cm³/mol. The summed E-state index contributed by atoms with van der Waals surface area (Å²) in [7, 11) is 0. The summed E-state index contributed by atoms with van der Waals surface area (Å²) in [6, 6.07) is 10.3. The molecule has 0 unspecified atom stereocenters. The van der Waals surface area contributed by atoms with Crippen molar-refractivity contribution in [1.82, 2.24) is 9.55 Å². The molecule has 132 valence electrons. The van der Waals surface area contributed by atoms with Crippen LogP contribution in [-0.4, -0.2) is 9.55 Å². The van der Waals surface area contributed by atoms with Crippen LogP contribution in [0.15, 0.2) is 36.5 Å². The molecule has 3 heteroatoms. The quantitative estimate of drug-likeness (QED) is 0.436. The Morgan fingerprint density at radius 2 is 1.88 bits per heavy atom. The molecule has 0 spiro atoms. The molecule has 0 bridgehead atoms. The summed E-state index contributed by atoms with van der Waals surface area (Å²) >= 11 is 6.53. The van der Waals surface area contributed by atoms with Crippen molar-refractivity contribution >= 4 is 33.5 Å². The van der Waals surface area contributed by atoms with Crippen LogP contribution in [0.2, 0.25) is 5.02 Å². The standard InChI is InChI=1S/C22H27ClN2/c23-19-13-7-12-18-21-20(14-8-15-24-21)25(22(18)19)16-6-2-5-11-17-9-3-1-4-10-17/h7-8,12-15,17H,1-6,9-11,16H2. The highest BCUT2D eigenvalue weighted by atomic mass is 35.5. The maximum Gasteiger partial charge on any atom is 0.0960 e. The molecule has 0 radical (unpaired) electrons. The first kappa shape index (κ1) is 16.9. The molecule has 0 N–H and O–H groups in total. The lowest BCUT2D eigenvalue weighted by atomic mass is 9.85. The molecule has 1 aliphatic rings. The number of fused-ring (bicyclic) bond motifs is 3. The van der Waals surface area contributed by atoms with Gasteiger partial charge >= 0.3 is 0 Å². The van der Waals surface area contributed by atoms with Crippen LogP contribution in [0.25, 0.3) is 21.9 Å². The topological polar surface area (TPSA) is 17.8 Å². The highest BCUT2D eigenvalue weighted by molar-refractivity contribution is 6.36. The predicted octanol–water partition coefficient (Wildman–Crippen LogP) is 6.98. The lowest BCUT2D eigenvalue weighted by Gasteiger charge is -2.21. The second-order valence-electron chi connectivity index (χ2n) is 7.51. The van der Waals surface area contributed by atoms with E-state index in [9.17, 15) is 0 Å². The van der Waals surface area contributed by atoms with Gasteiger partial charge in [0, 0.05) is 18.1 Å². The molecule has 0 aliphatic heterocycles. The van der Waals surface area contributed by atoms with Crippen LogP contribution in [0.3, 0.4) is 0 Å². The van der Waals surface area contributed by atoms with Gasteiger partial charge in [-0.1, -0.05) is 75.1 Å². The zero-order valence-electron chi connectivity index (χ0n) is 14.9. The third kappa shape index (κ3) is 3.55. The first-order chi connectivity index (χ1) is 12.3. The highest BCUT2D eigenvalue weighted by Gasteiger charge is 2.14. The lowest BCUT2D eigenvalue weighted by molar-refractivity contribution is 0.327. The van der Waals surface area contributed by atoms with E-state index in [2.05, 4.69) is 21.7 Å². The molecule has 1 aliphatic carbocycles. The van der Waals surface area contributed by atoms with Crippen LogP contribution in [0.4, 0.5) is 0 Å². The Labute approximate surface area is 155 Å². The largest absolute Gasteiger partial charge is 0.338 e. The van der Waals surface area contributed by atoms with Gasteiger partial charge in [-0.25, -0.2) is 0 Å². The Bertz CT molecular complexity index is 846. The second kappa shape index (κ2) is 7.78. The molecule has 1 aromatic carbocycles. The van der Waals surface area contributed by atoms with Crippen molar-refractivity contribution in [2.24, 2.45) is 5.92 Å². The van der Waals surface area contributed by atoms with Gasteiger partial charge in [0.05, 0.1) is 21.6 Å². The number of pyridine rings is 1. The molecule has 2 heterocycles. The van der Waals surface area contributed by atoms with Gasteiger partial charge in [-0.2, -0.15) is 0 Å². The zero-order valence-corrected chi connectivity index (χ0v) is 15.6. The number of benzene rings is 1. The van der Waals surface area contributed by atoms with E-state index in [0.29, 0.717) is 0 Å². The minimum absolute atomic E-state index is 0.831. The van der Waals surface area contributed by atoms with E-state index in [1.54, 1.807) is 0 Å². The minimum atomic E-state index is 0.831. The number of hydrogen-bond acceptors (Lipinski definition) is 1. The monoisotopic (exact) mass is 354 g/mol. The van der Waals surface area contributed by atoms with Crippen LogP contribution in [0, 0.1) is 5.92 Å². The average Bonchev–Trinajstić information content (AvgIpc) is 2.98. The zero-order chi connectivity index (χ0) is 17.1. The van der Waals surface area contributed by atoms with Crippen LogP contribution in [0.5, 0.6) is 0 Å². The van der Waals surface area contributed by atoms with Crippen molar-refractivity contribution in [3.05, 3.63) is 41.6 Å². The summed E-state index contributed by atoms with van der Waals surface area (Å²) in [4.78, 5) is 4.60. The van der Waals surface area contributed by atoms with E-state index in [1.165, 1.54) is 68.7 Å². The number of para-hydroxylation sites is 1. The SMILES string of the molecule is Clc1cccc2c3ncccc3n(CCCCCC3CCCCC3)c12. The van der Waals surface area contributed by atoms with Crippen LogP contribution >= 0.6 is 11.6 Å². The summed E-state index contributed by atoms with van der Waals surface area (Å²) in [5.74, 6) is 1.00. The molecular formula is C22H27ClN2. The van der Waals surface area contributed by atoms with Gasteiger partial charge in [0.1, 0.15) is 0 Å². The van der Waals surface area contributed by atoms with Crippen molar-refractivity contribution in [3.8, 4) is 0 Å². The fraction of sp³-hybridized carbons (Fsp3) is 0.500. The highest BCUT2D eigenvalue weighted by Crippen LogP contribution is 2.33. The van der Waals surface area contributed by atoms with Gasteiger partial charge in [-0.15, -0.1) is 0 Å². The fourth-order valence-corrected chi connectivity index (χ4v) is 4.79. The maximum absolute atomic E-state index is 6.53. The molecular weight excluding hydrogens is 328 g/mol. The number of hydrogen-bond donors (Lipinski definition) is 0. The van der Waals surface area contributed by atoms with Gasteiger partial charge in [-0.3, -0.25) is 4.98 Å². The molecule has 2 aromatic heterocycles. The maximum atomic E-state index is 6.53. The second-order valence-corrected chi connectivity index (χ2v) is 7.92. The first-order valence-electron chi connectivity index (χ1n) is 9.86. The molecule has 3 aromatic rings. The lowest BCUT2D eigenvalue weighted by Crippen LogP contribution is -2.06. The molecule has 1 saturated carbocycles. The van der Waals surface area contributed by atoms with Gasteiger partial charge < -0.3 is 4.57 Å². The molecule has 25 heavy (non-hydrogen) atoms. The van der Waals surface area contributed by atoms with Crippen LogP contribution in [0.1, 0.15) is 57.8 Å². The van der Waals surface area contributed by atoms with Crippen molar-refractivity contribution in [1.29, 1.82) is 0 Å². The van der Waals surface area contributed by atoms with Crippen molar-refractivity contribution < 1.29 is 0 Å². The Hall–Kier alpha value is -1.54. The Balaban J connectivity index is 1.45. The van der Waals surface area contributed by atoms with E-state index in [0.717, 1.165) is 28.5 Å². The van der Waals surface area contributed by atoms with Crippen molar-refractivity contribution in [3.63, 3.8) is 0 Å². The summed E-state index contributed by atoms with van der Waals surface area (Å²) in [5.41, 5.74) is 3.42. The summed E-state index contributed by atoms with van der Waals surface area (Å²) < 4.78 is 2.38. The van der Waals surface area contributed by atoms with Crippen LogP contribution in [-0.2, 0) is 6.54 Å². The molecule has 0 atom stereocenters. The molecule has 0 amide bonds. The Morgan fingerprint density at radius 1 is 1.00 bits per heavy atom. The average molecular weight is 355 g/mol. The normalized spacial score (nSPS) is 16.0. The molecule has 4 rings (SSSR count). The van der Waals surface area contributed by atoms with E-state index < -0.39 is 0 Å². The number of halogens is 1. The molecule has 2 nitrogen and oxygen atoms in total. The third-order valence-corrected chi connectivity index (χ3v) is 6.11. The number of aromatic nitrogens is 2. The van der Waals surface area contributed by atoms with E-state index in [1.807, 2.05) is 24.4 Å². The van der Waals surface area contributed by atoms with Crippen molar-refractivity contribution in [2.45, 2.75) is 64.3 Å². The van der Waals surface area contributed by atoms with Gasteiger partial charge in [0.2, 0.25) is 0 Å². The number of unbranched alkanes of at least 4 members (excludes halogenated alkanes) is 2. The van der Waals surface area contributed by atoms with E-state index >= 15 is 0 Å². The third-order valence-electron chi connectivity index (χ3n) is 5.81. The van der Waals surface area contributed by atoms with E-state index in [-0.39, 0.29) is 0 Å². The van der Waals surface area contributed by atoms with Gasteiger partial charge in [0.25, 0.3) is 0 Å². The van der Waals surface area contributed by atoms with Gasteiger partial charge in [-0.05, 0) is 30.5 Å². The summed E-state index contributed by atoms with van der Waals surface area (Å²) in [5, 5.41) is 2.00. The van der Waals surface area contributed by atoms with Crippen LogP contribution < -0.4 is 0 Å². The molecule has 1 fully saturated rings. The Morgan fingerprint density at radius 3 is 2.76 bits per heavy atom. The number of rotatable bonds is 6.